The summed E-state index contributed by atoms with van der Waals surface area (Å²) in [5.74, 6) is 1.41. The topological polar surface area (TPSA) is 47.9 Å². The number of aliphatic imine (C=N–C) groups is 1. The van der Waals surface area contributed by atoms with Crippen molar-refractivity contribution in [2.45, 2.75) is 27.7 Å². The second-order valence-corrected chi connectivity index (χ2v) is 4.17. The van der Waals surface area contributed by atoms with Crippen molar-refractivity contribution >= 4 is 12.0 Å². The molecule has 0 atom stereocenters. The van der Waals surface area contributed by atoms with Crippen LogP contribution in [0.4, 0.5) is 0 Å². The van der Waals surface area contributed by atoms with Crippen LogP contribution in [0.25, 0.3) is 0 Å². The number of hydrogen-bond donors (Lipinski definition) is 0. The van der Waals surface area contributed by atoms with Gasteiger partial charge < -0.3 is 9.47 Å². The van der Waals surface area contributed by atoms with E-state index in [1.807, 2.05) is 45.9 Å². The minimum Gasteiger partial charge on any atom is -0.454 e. The molecular weight excluding hydrogens is 278 g/mol. The first-order valence-electron chi connectivity index (χ1n) is 7.00. The maximum atomic E-state index is 11.2. The number of carbonyl (C=O) groups is 1. The van der Waals surface area contributed by atoms with Crippen LogP contribution in [-0.4, -0.2) is 25.8 Å². The molecule has 0 saturated heterocycles. The first-order valence-corrected chi connectivity index (χ1v) is 7.00. The molecule has 1 aromatic carbocycles. The summed E-state index contributed by atoms with van der Waals surface area (Å²) >= 11 is 0. The number of rotatable bonds is 3. The van der Waals surface area contributed by atoms with E-state index in [0.717, 1.165) is 23.2 Å². The summed E-state index contributed by atoms with van der Waals surface area (Å²) in [7, 11) is 1.67. The number of hydrogen-bond acceptors (Lipinski definition) is 4. The Bertz CT molecular complexity index is 579. The van der Waals surface area contributed by atoms with Gasteiger partial charge in [-0.25, -0.2) is 0 Å². The Morgan fingerprint density at radius 1 is 1.18 bits per heavy atom. The summed E-state index contributed by atoms with van der Waals surface area (Å²) in [6.45, 7) is 8.02. The molecule has 1 heterocycles. The van der Waals surface area contributed by atoms with E-state index < -0.39 is 0 Å². The summed E-state index contributed by atoms with van der Waals surface area (Å²) < 4.78 is 10.6. The van der Waals surface area contributed by atoms with Gasteiger partial charge >= 0.3 is 0 Å². The fourth-order valence-corrected chi connectivity index (χ4v) is 1.86. The Hall–Kier alpha value is -2.54. The van der Waals surface area contributed by atoms with Gasteiger partial charge in [0.2, 0.25) is 6.79 Å². The normalized spacial score (nSPS) is 11.3. The van der Waals surface area contributed by atoms with Gasteiger partial charge in [-0.3, -0.25) is 9.79 Å². The number of nitrogens with zero attached hydrogens (tertiary/aromatic N) is 1. The summed E-state index contributed by atoms with van der Waals surface area (Å²) in [4.78, 5) is 15.4. The van der Waals surface area contributed by atoms with E-state index in [0.29, 0.717) is 17.0 Å². The van der Waals surface area contributed by atoms with Crippen molar-refractivity contribution in [2.75, 3.05) is 13.8 Å². The third-order valence-corrected chi connectivity index (χ3v) is 2.78. The van der Waals surface area contributed by atoms with Crippen LogP contribution >= 0.6 is 0 Å². The molecule has 0 bridgehead atoms. The number of allylic oxidation sites excluding steroid dienone is 2. The Morgan fingerprint density at radius 2 is 1.77 bits per heavy atom. The Balaban J connectivity index is 0.00000102. The Labute approximate surface area is 132 Å². The Kier molecular flexibility index (Phi) is 9.04. The van der Waals surface area contributed by atoms with Crippen molar-refractivity contribution in [2.24, 2.45) is 4.99 Å². The van der Waals surface area contributed by atoms with Crippen LogP contribution in [0.15, 0.2) is 34.3 Å². The van der Waals surface area contributed by atoms with E-state index in [2.05, 4.69) is 17.8 Å². The largest absolute Gasteiger partial charge is 0.454 e. The SMILES string of the molecule is C#C.CC.CN=C(C(C=O)=C(C)C)c1ccc2c(c1)OCO2. The van der Waals surface area contributed by atoms with Crippen molar-refractivity contribution in [3.8, 4) is 24.3 Å². The lowest BCUT2D eigenvalue weighted by molar-refractivity contribution is -0.104. The van der Waals surface area contributed by atoms with Gasteiger partial charge in [0.1, 0.15) is 0 Å². The van der Waals surface area contributed by atoms with E-state index in [1.165, 1.54) is 0 Å². The molecule has 4 nitrogen and oxygen atoms in total. The maximum absolute atomic E-state index is 11.2. The van der Waals surface area contributed by atoms with Crippen LogP contribution in [-0.2, 0) is 4.79 Å². The second kappa shape index (κ2) is 10.2. The van der Waals surface area contributed by atoms with Gasteiger partial charge in [-0.15, -0.1) is 12.8 Å². The molecule has 0 N–H and O–H groups in total. The molecule has 0 unspecified atom stereocenters. The number of terminal acetylenes is 1. The highest BCUT2D eigenvalue weighted by molar-refractivity contribution is 6.23. The molecule has 1 aromatic rings. The standard InChI is InChI=1S/C14H15NO3.C2H6.C2H2/c1-9(2)11(7-16)14(15-3)10-4-5-12-13(6-10)18-8-17-12;2*1-2/h4-7H,8H2,1-3H3;1-2H3;1-2H. The molecule has 118 valence electrons. The molecule has 0 aliphatic carbocycles. The molecule has 4 heteroatoms. The zero-order valence-corrected chi connectivity index (χ0v) is 13.8. The molecular formula is C18H23NO3. The van der Waals surface area contributed by atoms with Gasteiger partial charge in [0, 0.05) is 18.2 Å². The highest BCUT2D eigenvalue weighted by Crippen LogP contribution is 2.33. The smallest absolute Gasteiger partial charge is 0.231 e. The van der Waals surface area contributed by atoms with Crippen LogP contribution in [0.2, 0.25) is 0 Å². The molecule has 1 aliphatic heterocycles. The minimum atomic E-state index is 0.237. The molecule has 22 heavy (non-hydrogen) atoms. The van der Waals surface area contributed by atoms with Crippen molar-refractivity contribution in [3.63, 3.8) is 0 Å². The predicted molar refractivity (Wildman–Crippen MR) is 90.7 cm³/mol. The lowest BCUT2D eigenvalue weighted by atomic mass is 9.99. The van der Waals surface area contributed by atoms with Crippen LogP contribution in [0.5, 0.6) is 11.5 Å². The maximum Gasteiger partial charge on any atom is 0.231 e. The van der Waals surface area contributed by atoms with Gasteiger partial charge in [0.15, 0.2) is 17.8 Å². The van der Waals surface area contributed by atoms with Gasteiger partial charge in [-0.1, -0.05) is 19.4 Å². The predicted octanol–water partition coefficient (Wildman–Crippen LogP) is 3.65. The zero-order valence-electron chi connectivity index (χ0n) is 13.8. The van der Waals surface area contributed by atoms with Crippen LogP contribution in [0, 0.1) is 12.8 Å². The van der Waals surface area contributed by atoms with Gasteiger partial charge in [-0.05, 0) is 32.0 Å². The molecule has 0 radical (unpaired) electrons. The number of benzene rings is 1. The fourth-order valence-electron chi connectivity index (χ4n) is 1.86. The van der Waals surface area contributed by atoms with Crippen molar-refractivity contribution < 1.29 is 14.3 Å². The lowest BCUT2D eigenvalue weighted by Gasteiger charge is -2.08. The molecule has 0 spiro atoms. The molecule has 0 fully saturated rings. The van der Waals surface area contributed by atoms with Crippen LogP contribution in [0.1, 0.15) is 33.3 Å². The summed E-state index contributed by atoms with van der Waals surface area (Å²) in [5.41, 5.74) is 3.06. The van der Waals surface area contributed by atoms with Crippen LogP contribution < -0.4 is 9.47 Å². The van der Waals surface area contributed by atoms with Crippen molar-refractivity contribution in [3.05, 3.63) is 34.9 Å². The number of ether oxygens (including phenoxy) is 2. The third-order valence-electron chi connectivity index (χ3n) is 2.78. The van der Waals surface area contributed by atoms with Gasteiger partial charge in [0.25, 0.3) is 0 Å². The first kappa shape index (κ1) is 19.5. The third kappa shape index (κ3) is 4.49. The Morgan fingerprint density at radius 3 is 2.27 bits per heavy atom. The van der Waals surface area contributed by atoms with Gasteiger partial charge in [-0.2, -0.15) is 0 Å². The summed E-state index contributed by atoms with van der Waals surface area (Å²) in [6, 6.07) is 5.55. The number of carbonyl (C=O) groups excluding carboxylic acids is 1. The van der Waals surface area contributed by atoms with Crippen LogP contribution in [0.3, 0.4) is 0 Å². The minimum absolute atomic E-state index is 0.237. The van der Waals surface area contributed by atoms with E-state index >= 15 is 0 Å². The number of fused-ring (bicyclic) bond motifs is 1. The molecule has 0 amide bonds. The van der Waals surface area contributed by atoms with E-state index in [-0.39, 0.29) is 6.79 Å². The molecule has 0 aromatic heterocycles. The summed E-state index contributed by atoms with van der Waals surface area (Å²) in [6.07, 6.45) is 8.84. The average molecular weight is 301 g/mol. The van der Waals surface area contributed by atoms with E-state index in [1.54, 1.807) is 7.05 Å². The quantitative estimate of drug-likeness (QED) is 0.370. The molecule has 1 aliphatic rings. The zero-order chi connectivity index (χ0) is 17.1. The first-order chi connectivity index (χ1) is 10.7. The fraction of sp³-hybridized carbons (Fsp3) is 0.333. The average Bonchev–Trinajstić information content (AvgIpc) is 3.03. The number of aldehydes is 1. The molecule has 2 rings (SSSR count). The lowest BCUT2D eigenvalue weighted by Crippen LogP contribution is -2.08. The van der Waals surface area contributed by atoms with Crippen molar-refractivity contribution in [1.82, 2.24) is 0 Å². The summed E-state index contributed by atoms with van der Waals surface area (Å²) in [5, 5.41) is 0. The second-order valence-electron chi connectivity index (χ2n) is 4.17. The van der Waals surface area contributed by atoms with E-state index in [4.69, 9.17) is 9.47 Å². The monoisotopic (exact) mass is 301 g/mol. The molecule has 0 saturated carbocycles. The highest BCUT2D eigenvalue weighted by Gasteiger charge is 2.17. The van der Waals surface area contributed by atoms with Crippen molar-refractivity contribution in [1.29, 1.82) is 0 Å². The van der Waals surface area contributed by atoms with Gasteiger partial charge in [0.05, 0.1) is 5.71 Å². The highest BCUT2D eigenvalue weighted by atomic mass is 16.7. The van der Waals surface area contributed by atoms with E-state index in [9.17, 15) is 4.79 Å².